The van der Waals surface area contributed by atoms with Crippen LogP contribution >= 0.6 is 0 Å². The first-order valence-electron chi connectivity index (χ1n) is 21.1. The molecule has 286 valence electrons. The smallest absolute Gasteiger partial charge is 0.143 e. The lowest BCUT2D eigenvalue weighted by Gasteiger charge is -2.28. The fourth-order valence-electron chi connectivity index (χ4n) is 10.8. The lowest BCUT2D eigenvalue weighted by molar-refractivity contribution is 0.659. The fraction of sp³-hybridized carbons (Fsp3) is 0.103. The van der Waals surface area contributed by atoms with Crippen molar-refractivity contribution in [3.8, 4) is 44.5 Å². The molecule has 0 saturated carbocycles. The second kappa shape index (κ2) is 12.7. The summed E-state index contributed by atoms with van der Waals surface area (Å²) in [4.78, 5) is 2.41. The van der Waals surface area contributed by atoms with Crippen molar-refractivity contribution in [3.63, 3.8) is 0 Å². The van der Waals surface area contributed by atoms with Crippen LogP contribution in [0.5, 0.6) is 0 Å². The first-order chi connectivity index (χ1) is 29.3. The van der Waals surface area contributed by atoms with Gasteiger partial charge in [-0.05, 0) is 109 Å². The first-order valence-corrected chi connectivity index (χ1v) is 21.1. The molecule has 1 heterocycles. The molecule has 0 aliphatic heterocycles. The molecule has 2 nitrogen and oxygen atoms in total. The van der Waals surface area contributed by atoms with Crippen LogP contribution in [0, 0.1) is 0 Å². The predicted molar refractivity (Wildman–Crippen MR) is 252 cm³/mol. The highest BCUT2D eigenvalue weighted by atomic mass is 16.3. The summed E-state index contributed by atoms with van der Waals surface area (Å²) in [6, 6.07) is 69.0. The maximum absolute atomic E-state index is 6.82. The Bertz CT molecular complexity index is 3350. The van der Waals surface area contributed by atoms with E-state index in [1.54, 1.807) is 0 Å². The topological polar surface area (TPSA) is 16.4 Å². The Balaban J connectivity index is 1.04. The van der Waals surface area contributed by atoms with E-state index < -0.39 is 0 Å². The zero-order valence-corrected chi connectivity index (χ0v) is 34.3. The number of rotatable bonds is 5. The van der Waals surface area contributed by atoms with Crippen LogP contribution in [-0.4, -0.2) is 0 Å². The number of hydrogen-bond donors (Lipinski definition) is 0. The molecule has 9 aromatic carbocycles. The highest BCUT2D eigenvalue weighted by molar-refractivity contribution is 6.25. The molecule has 60 heavy (non-hydrogen) atoms. The fourth-order valence-corrected chi connectivity index (χ4v) is 10.8. The zero-order valence-electron chi connectivity index (χ0n) is 34.3. The molecule has 2 aliphatic rings. The monoisotopic (exact) mass is 769 g/mol. The number of anilines is 3. The molecule has 0 bridgehead atoms. The maximum Gasteiger partial charge on any atom is 0.143 e. The largest absolute Gasteiger partial charge is 0.455 e. The number of furan rings is 1. The van der Waals surface area contributed by atoms with Crippen LogP contribution in [0.2, 0.25) is 0 Å². The van der Waals surface area contributed by atoms with Crippen molar-refractivity contribution in [2.45, 2.75) is 38.5 Å². The SMILES string of the molecule is CC1(C)c2ccccc2-c2ccc(N(c3ccc(-c4ccccc4)cc3)c3ccc(-c4cccc5c4c4c(c6c7ccccc7oc56)C(C)(C)c5ccccc5-4)cc3)cc21. The van der Waals surface area contributed by atoms with E-state index in [9.17, 15) is 0 Å². The van der Waals surface area contributed by atoms with Gasteiger partial charge in [0.1, 0.15) is 11.2 Å². The molecule has 0 unspecified atom stereocenters. The predicted octanol–water partition coefficient (Wildman–Crippen LogP) is 16.2. The Morgan fingerprint density at radius 1 is 0.383 bits per heavy atom. The van der Waals surface area contributed by atoms with Gasteiger partial charge in [-0.3, -0.25) is 0 Å². The van der Waals surface area contributed by atoms with Crippen LogP contribution in [0.1, 0.15) is 49.9 Å². The molecule has 2 aliphatic carbocycles. The van der Waals surface area contributed by atoms with Gasteiger partial charge in [0.15, 0.2) is 0 Å². The maximum atomic E-state index is 6.82. The van der Waals surface area contributed by atoms with E-state index in [0.717, 1.165) is 33.6 Å². The normalized spacial score (nSPS) is 14.3. The van der Waals surface area contributed by atoms with Gasteiger partial charge in [-0.2, -0.15) is 0 Å². The molecule has 10 aromatic rings. The van der Waals surface area contributed by atoms with Crippen LogP contribution in [0.15, 0.2) is 192 Å². The Hall–Kier alpha value is -7.16. The summed E-state index contributed by atoms with van der Waals surface area (Å²) in [6.07, 6.45) is 0. The molecular weight excluding hydrogens is 727 g/mol. The molecule has 0 fully saturated rings. The van der Waals surface area contributed by atoms with Gasteiger partial charge in [0.25, 0.3) is 0 Å². The minimum absolute atomic E-state index is 0.109. The van der Waals surface area contributed by atoms with Gasteiger partial charge in [-0.25, -0.2) is 0 Å². The molecule has 0 radical (unpaired) electrons. The highest BCUT2D eigenvalue weighted by Crippen LogP contribution is 2.58. The van der Waals surface area contributed by atoms with Crippen LogP contribution < -0.4 is 4.90 Å². The average molecular weight is 770 g/mol. The Labute approximate surface area is 351 Å². The van der Waals surface area contributed by atoms with Crippen molar-refractivity contribution in [1.82, 2.24) is 0 Å². The third-order valence-electron chi connectivity index (χ3n) is 13.6. The van der Waals surface area contributed by atoms with Crippen molar-refractivity contribution in [1.29, 1.82) is 0 Å². The summed E-state index contributed by atoms with van der Waals surface area (Å²) in [6.45, 7) is 9.47. The van der Waals surface area contributed by atoms with Crippen molar-refractivity contribution in [2.24, 2.45) is 0 Å². The summed E-state index contributed by atoms with van der Waals surface area (Å²) < 4.78 is 6.82. The first kappa shape index (κ1) is 34.8. The Kier molecular flexibility index (Phi) is 7.36. The summed E-state index contributed by atoms with van der Waals surface area (Å²) in [7, 11) is 0. The van der Waals surface area contributed by atoms with E-state index in [0.29, 0.717) is 0 Å². The van der Waals surface area contributed by atoms with E-state index in [2.05, 4.69) is 221 Å². The third kappa shape index (κ3) is 4.88. The molecule has 0 saturated heterocycles. The molecule has 12 rings (SSSR count). The van der Waals surface area contributed by atoms with Gasteiger partial charge >= 0.3 is 0 Å². The lowest BCUT2D eigenvalue weighted by atomic mass is 9.79. The van der Waals surface area contributed by atoms with Gasteiger partial charge in [-0.15, -0.1) is 0 Å². The van der Waals surface area contributed by atoms with Crippen molar-refractivity contribution >= 4 is 49.8 Å². The minimum atomic E-state index is -0.204. The van der Waals surface area contributed by atoms with Gasteiger partial charge < -0.3 is 9.32 Å². The summed E-state index contributed by atoms with van der Waals surface area (Å²) in [5.41, 5.74) is 20.5. The van der Waals surface area contributed by atoms with Crippen LogP contribution in [-0.2, 0) is 10.8 Å². The van der Waals surface area contributed by atoms with Crippen molar-refractivity contribution in [3.05, 3.63) is 210 Å². The summed E-state index contributed by atoms with van der Waals surface area (Å²) in [5, 5.41) is 4.81. The number of nitrogens with zero attached hydrogens (tertiary/aromatic N) is 1. The Morgan fingerprint density at radius 3 is 1.68 bits per heavy atom. The van der Waals surface area contributed by atoms with Gasteiger partial charge in [0.2, 0.25) is 0 Å². The van der Waals surface area contributed by atoms with Crippen LogP contribution in [0.3, 0.4) is 0 Å². The zero-order chi connectivity index (χ0) is 40.3. The summed E-state index contributed by atoms with van der Waals surface area (Å²) in [5.74, 6) is 0. The van der Waals surface area contributed by atoms with Crippen molar-refractivity contribution < 1.29 is 4.42 Å². The standard InChI is InChI=1S/C58H43NO/c1-57(2)48-22-11-8-17-43(48)44-34-33-41(35-50(44)57)59(39-29-25-37(26-30-39)36-15-6-5-7-16-36)40-31-27-38(28-32-40)42-20-14-21-47-52(42)53-45-18-9-12-23-49(45)58(3,4)55(53)54-46-19-10-13-24-51(46)60-56(47)54/h5-35H,1-4H3. The quantitative estimate of drug-likeness (QED) is 0.173. The van der Waals surface area contributed by atoms with Gasteiger partial charge in [-0.1, -0.05) is 173 Å². The second-order valence-electron chi connectivity index (χ2n) is 17.6. The molecule has 0 spiro atoms. The van der Waals surface area contributed by atoms with E-state index in [1.165, 1.54) is 82.9 Å². The second-order valence-corrected chi connectivity index (χ2v) is 17.6. The van der Waals surface area contributed by atoms with Gasteiger partial charge in [0.05, 0.1) is 0 Å². The molecule has 0 N–H and O–H groups in total. The number of benzene rings is 9. The number of para-hydroxylation sites is 1. The molecule has 0 atom stereocenters. The van der Waals surface area contributed by atoms with Crippen LogP contribution in [0.25, 0.3) is 77.2 Å². The minimum Gasteiger partial charge on any atom is -0.455 e. The van der Waals surface area contributed by atoms with E-state index in [-0.39, 0.29) is 10.8 Å². The van der Waals surface area contributed by atoms with E-state index >= 15 is 0 Å². The van der Waals surface area contributed by atoms with E-state index in [1.807, 2.05) is 0 Å². The lowest BCUT2D eigenvalue weighted by Crippen LogP contribution is -2.16. The average Bonchev–Trinajstić information content (AvgIpc) is 3.87. The third-order valence-corrected chi connectivity index (χ3v) is 13.6. The molecule has 0 amide bonds. The summed E-state index contributed by atoms with van der Waals surface area (Å²) >= 11 is 0. The molecule has 2 heteroatoms. The number of fused-ring (bicyclic) bond motifs is 13. The van der Waals surface area contributed by atoms with Crippen molar-refractivity contribution in [2.75, 3.05) is 4.90 Å². The Morgan fingerprint density at radius 2 is 0.933 bits per heavy atom. The van der Waals surface area contributed by atoms with Gasteiger partial charge in [0, 0.05) is 49.4 Å². The van der Waals surface area contributed by atoms with Crippen LogP contribution in [0.4, 0.5) is 17.1 Å². The molecular formula is C58H43NO. The molecule has 1 aromatic heterocycles. The van der Waals surface area contributed by atoms with E-state index in [4.69, 9.17) is 4.42 Å². The highest BCUT2D eigenvalue weighted by Gasteiger charge is 2.40. The number of hydrogen-bond acceptors (Lipinski definition) is 2.